The van der Waals surface area contributed by atoms with Crippen molar-refractivity contribution in [2.45, 2.75) is 32.5 Å². The Bertz CT molecular complexity index is 506. The second-order valence-electron chi connectivity index (χ2n) is 5.65. The van der Waals surface area contributed by atoms with E-state index in [1.807, 2.05) is 0 Å². The van der Waals surface area contributed by atoms with Crippen LogP contribution in [0.1, 0.15) is 32.4 Å². The standard InChI is InChI=1S/C15H21NO6/c1-15(2,3)22-14(20)16-8-12(17)10-4-6-11(7-5-10)21-9-13(18)19/h4-7,12,17H,8-9H2,1-3H3,(H,16,20)(H,18,19). The van der Waals surface area contributed by atoms with Gasteiger partial charge in [-0.2, -0.15) is 0 Å². The van der Waals surface area contributed by atoms with Gasteiger partial charge in [-0.3, -0.25) is 0 Å². The summed E-state index contributed by atoms with van der Waals surface area (Å²) < 4.78 is 10.0. The summed E-state index contributed by atoms with van der Waals surface area (Å²) in [4.78, 5) is 21.9. The second-order valence-corrected chi connectivity index (χ2v) is 5.65. The second kappa shape index (κ2) is 7.65. The van der Waals surface area contributed by atoms with Crippen molar-refractivity contribution in [3.05, 3.63) is 29.8 Å². The molecule has 0 aliphatic carbocycles. The Kier molecular flexibility index (Phi) is 6.18. The number of rotatable bonds is 6. The van der Waals surface area contributed by atoms with Gasteiger partial charge in [0.15, 0.2) is 6.61 Å². The summed E-state index contributed by atoms with van der Waals surface area (Å²) in [7, 11) is 0. The average Bonchev–Trinajstić information content (AvgIpc) is 2.41. The van der Waals surface area contributed by atoms with Crippen LogP contribution in [0.4, 0.5) is 4.79 Å². The Morgan fingerprint density at radius 1 is 1.23 bits per heavy atom. The van der Waals surface area contributed by atoms with Crippen LogP contribution in [0.15, 0.2) is 24.3 Å². The maximum Gasteiger partial charge on any atom is 0.407 e. The van der Waals surface area contributed by atoms with E-state index in [0.717, 1.165) is 0 Å². The molecule has 1 rings (SSSR count). The zero-order valence-electron chi connectivity index (χ0n) is 12.8. The molecular formula is C15H21NO6. The molecule has 7 heteroatoms. The molecular weight excluding hydrogens is 290 g/mol. The molecule has 0 aliphatic heterocycles. The molecule has 0 fully saturated rings. The van der Waals surface area contributed by atoms with E-state index in [1.54, 1.807) is 45.0 Å². The molecule has 3 N–H and O–H groups in total. The average molecular weight is 311 g/mol. The fourth-order valence-corrected chi connectivity index (χ4v) is 1.54. The Labute approximate surface area is 128 Å². The molecule has 1 amide bonds. The Hall–Kier alpha value is -2.28. The normalized spacial score (nSPS) is 12.4. The minimum Gasteiger partial charge on any atom is -0.482 e. The van der Waals surface area contributed by atoms with Crippen molar-refractivity contribution in [2.24, 2.45) is 0 Å². The lowest BCUT2D eigenvalue weighted by molar-refractivity contribution is -0.139. The lowest BCUT2D eigenvalue weighted by Crippen LogP contribution is -2.34. The smallest absolute Gasteiger partial charge is 0.407 e. The highest BCUT2D eigenvalue weighted by atomic mass is 16.6. The van der Waals surface area contributed by atoms with Crippen molar-refractivity contribution >= 4 is 12.1 Å². The number of aliphatic hydroxyl groups excluding tert-OH is 1. The number of nitrogens with one attached hydrogen (secondary N) is 1. The number of alkyl carbamates (subject to hydrolysis) is 1. The van der Waals surface area contributed by atoms with Crippen molar-refractivity contribution < 1.29 is 29.3 Å². The van der Waals surface area contributed by atoms with Crippen LogP contribution >= 0.6 is 0 Å². The van der Waals surface area contributed by atoms with E-state index in [1.165, 1.54) is 0 Å². The lowest BCUT2D eigenvalue weighted by atomic mass is 10.1. The largest absolute Gasteiger partial charge is 0.482 e. The number of hydrogen-bond donors (Lipinski definition) is 3. The van der Waals surface area contributed by atoms with Crippen LogP contribution in [-0.4, -0.2) is 41.0 Å². The Morgan fingerprint density at radius 3 is 2.32 bits per heavy atom. The molecule has 0 saturated carbocycles. The number of carbonyl (C=O) groups is 2. The zero-order chi connectivity index (χ0) is 16.8. The highest BCUT2D eigenvalue weighted by Crippen LogP contribution is 2.17. The number of aliphatic carboxylic acids is 1. The third-order valence-electron chi connectivity index (χ3n) is 2.47. The molecule has 1 atom stereocenters. The molecule has 0 aliphatic rings. The van der Waals surface area contributed by atoms with Crippen molar-refractivity contribution in [1.29, 1.82) is 0 Å². The first-order valence-corrected chi connectivity index (χ1v) is 6.77. The minimum atomic E-state index is -1.06. The summed E-state index contributed by atoms with van der Waals surface area (Å²) >= 11 is 0. The van der Waals surface area contributed by atoms with E-state index in [0.29, 0.717) is 11.3 Å². The van der Waals surface area contributed by atoms with Crippen molar-refractivity contribution in [2.75, 3.05) is 13.2 Å². The maximum atomic E-state index is 11.5. The lowest BCUT2D eigenvalue weighted by Gasteiger charge is -2.20. The topological polar surface area (TPSA) is 105 Å². The molecule has 1 aromatic rings. The maximum absolute atomic E-state index is 11.5. The van der Waals surface area contributed by atoms with Gasteiger partial charge in [-0.05, 0) is 38.5 Å². The molecule has 0 bridgehead atoms. The predicted molar refractivity (Wildman–Crippen MR) is 78.8 cm³/mol. The van der Waals surface area contributed by atoms with Gasteiger partial charge >= 0.3 is 12.1 Å². The molecule has 22 heavy (non-hydrogen) atoms. The molecule has 1 aromatic carbocycles. The van der Waals surface area contributed by atoms with Gasteiger partial charge in [-0.1, -0.05) is 12.1 Å². The van der Waals surface area contributed by atoms with Gasteiger partial charge < -0.3 is 25.0 Å². The highest BCUT2D eigenvalue weighted by Gasteiger charge is 2.17. The number of carboxylic acids is 1. The highest BCUT2D eigenvalue weighted by molar-refractivity contribution is 5.68. The Balaban J connectivity index is 2.47. The van der Waals surface area contributed by atoms with Crippen molar-refractivity contribution in [3.63, 3.8) is 0 Å². The first-order valence-electron chi connectivity index (χ1n) is 6.77. The van der Waals surface area contributed by atoms with E-state index < -0.39 is 30.4 Å². The predicted octanol–water partition coefficient (Wildman–Crippen LogP) is 1.71. The van der Waals surface area contributed by atoms with E-state index >= 15 is 0 Å². The number of amides is 1. The van der Waals surface area contributed by atoms with E-state index in [-0.39, 0.29) is 6.54 Å². The van der Waals surface area contributed by atoms with Crippen LogP contribution in [0.5, 0.6) is 5.75 Å². The number of benzene rings is 1. The van der Waals surface area contributed by atoms with Gasteiger partial charge in [0.25, 0.3) is 0 Å². The van der Waals surface area contributed by atoms with Gasteiger partial charge in [-0.25, -0.2) is 9.59 Å². The van der Waals surface area contributed by atoms with Gasteiger partial charge in [0, 0.05) is 0 Å². The number of carbonyl (C=O) groups excluding carboxylic acids is 1. The van der Waals surface area contributed by atoms with Crippen LogP contribution in [0.2, 0.25) is 0 Å². The molecule has 7 nitrogen and oxygen atoms in total. The quantitative estimate of drug-likeness (QED) is 0.738. The molecule has 0 radical (unpaired) electrons. The van der Waals surface area contributed by atoms with Crippen molar-refractivity contribution in [1.82, 2.24) is 5.32 Å². The molecule has 122 valence electrons. The van der Waals surface area contributed by atoms with Gasteiger partial charge in [0.05, 0.1) is 12.6 Å². The number of hydrogen-bond acceptors (Lipinski definition) is 5. The van der Waals surface area contributed by atoms with Crippen LogP contribution < -0.4 is 10.1 Å². The van der Waals surface area contributed by atoms with Crippen LogP contribution in [-0.2, 0) is 9.53 Å². The summed E-state index contributed by atoms with van der Waals surface area (Å²) in [6.45, 7) is 4.82. The molecule has 0 saturated heterocycles. The fraction of sp³-hybridized carbons (Fsp3) is 0.467. The number of carboxylic acid groups (broad SMARTS) is 1. The molecule has 1 unspecified atom stereocenters. The van der Waals surface area contributed by atoms with Crippen LogP contribution in [0, 0.1) is 0 Å². The Morgan fingerprint density at radius 2 is 1.82 bits per heavy atom. The van der Waals surface area contributed by atoms with Crippen LogP contribution in [0.25, 0.3) is 0 Å². The van der Waals surface area contributed by atoms with Gasteiger partial charge in [-0.15, -0.1) is 0 Å². The van der Waals surface area contributed by atoms with Crippen molar-refractivity contribution in [3.8, 4) is 5.75 Å². The van der Waals surface area contributed by atoms with E-state index in [9.17, 15) is 14.7 Å². The molecule has 0 aromatic heterocycles. The summed E-state index contributed by atoms with van der Waals surface area (Å²) in [5.74, 6) is -0.677. The third kappa shape index (κ3) is 6.94. The van der Waals surface area contributed by atoms with E-state index in [4.69, 9.17) is 14.6 Å². The summed E-state index contributed by atoms with van der Waals surface area (Å²) in [5.41, 5.74) is -0.0308. The first kappa shape index (κ1) is 17.8. The molecule has 0 spiro atoms. The van der Waals surface area contributed by atoms with Crippen LogP contribution in [0.3, 0.4) is 0 Å². The van der Waals surface area contributed by atoms with Gasteiger partial charge in [0.2, 0.25) is 0 Å². The molecule has 0 heterocycles. The summed E-state index contributed by atoms with van der Waals surface area (Å²) in [6.07, 6.45) is -1.51. The fourth-order valence-electron chi connectivity index (χ4n) is 1.54. The summed E-state index contributed by atoms with van der Waals surface area (Å²) in [5, 5.41) is 20.9. The third-order valence-corrected chi connectivity index (χ3v) is 2.47. The summed E-state index contributed by atoms with van der Waals surface area (Å²) in [6, 6.07) is 6.29. The number of aliphatic hydroxyl groups is 1. The first-order chi connectivity index (χ1) is 10.2. The van der Waals surface area contributed by atoms with Gasteiger partial charge in [0.1, 0.15) is 11.4 Å². The zero-order valence-corrected chi connectivity index (χ0v) is 12.8. The van der Waals surface area contributed by atoms with E-state index in [2.05, 4.69) is 5.32 Å². The monoisotopic (exact) mass is 311 g/mol. The number of ether oxygens (including phenoxy) is 2. The SMILES string of the molecule is CC(C)(C)OC(=O)NCC(O)c1ccc(OCC(=O)O)cc1. The minimum absolute atomic E-state index is 0.00421.